The van der Waals surface area contributed by atoms with Crippen LogP contribution < -0.4 is 10.6 Å². The number of hydrogen-bond acceptors (Lipinski definition) is 4. The molecule has 0 spiro atoms. The molecule has 130 valence electrons. The Morgan fingerprint density at radius 2 is 1.92 bits per heavy atom. The van der Waals surface area contributed by atoms with E-state index in [9.17, 15) is 0 Å². The van der Waals surface area contributed by atoms with Gasteiger partial charge in [-0.25, -0.2) is 9.97 Å². The first-order chi connectivity index (χ1) is 12.0. The van der Waals surface area contributed by atoms with Gasteiger partial charge in [0.1, 0.15) is 11.3 Å². The molecule has 1 saturated heterocycles. The van der Waals surface area contributed by atoms with Crippen molar-refractivity contribution in [2.24, 2.45) is 5.73 Å². The highest BCUT2D eigenvalue weighted by molar-refractivity contribution is 6.43. The molecule has 0 amide bonds. The molecule has 7 heteroatoms. The molecule has 3 heterocycles. The van der Waals surface area contributed by atoms with E-state index in [0.29, 0.717) is 10.0 Å². The van der Waals surface area contributed by atoms with Crippen LogP contribution in [0, 0.1) is 0 Å². The van der Waals surface area contributed by atoms with Gasteiger partial charge >= 0.3 is 0 Å². The van der Waals surface area contributed by atoms with Crippen LogP contribution in [-0.4, -0.2) is 33.0 Å². The molecule has 1 fully saturated rings. The molecular weight excluding hydrogens is 357 g/mol. The lowest BCUT2D eigenvalue weighted by atomic mass is 9.91. The normalized spacial score (nSPS) is 17.2. The fourth-order valence-electron chi connectivity index (χ4n) is 3.26. The molecule has 0 aliphatic carbocycles. The van der Waals surface area contributed by atoms with Crippen molar-refractivity contribution in [2.45, 2.75) is 25.3 Å². The SMILES string of the molecule is CC1(N)CCN(c2nccn3c(-c4cccc(Cl)c4Cl)ncc23)CC1. The van der Waals surface area contributed by atoms with E-state index in [-0.39, 0.29) is 5.54 Å². The summed E-state index contributed by atoms with van der Waals surface area (Å²) in [5, 5.41) is 1.02. The summed E-state index contributed by atoms with van der Waals surface area (Å²) in [6, 6.07) is 5.57. The smallest absolute Gasteiger partial charge is 0.154 e. The van der Waals surface area contributed by atoms with Crippen molar-refractivity contribution in [3.8, 4) is 11.4 Å². The van der Waals surface area contributed by atoms with Crippen molar-refractivity contribution in [2.75, 3.05) is 18.0 Å². The van der Waals surface area contributed by atoms with Gasteiger partial charge in [-0.05, 0) is 31.9 Å². The van der Waals surface area contributed by atoms with Crippen LogP contribution in [0.5, 0.6) is 0 Å². The van der Waals surface area contributed by atoms with Gasteiger partial charge in [0.15, 0.2) is 5.82 Å². The van der Waals surface area contributed by atoms with E-state index >= 15 is 0 Å². The van der Waals surface area contributed by atoms with E-state index < -0.39 is 0 Å². The third kappa shape index (κ3) is 2.97. The summed E-state index contributed by atoms with van der Waals surface area (Å²) >= 11 is 12.5. The Morgan fingerprint density at radius 1 is 1.16 bits per heavy atom. The molecule has 1 aliphatic rings. The summed E-state index contributed by atoms with van der Waals surface area (Å²) < 4.78 is 2.01. The Hall–Kier alpha value is -1.82. The van der Waals surface area contributed by atoms with Crippen LogP contribution in [-0.2, 0) is 0 Å². The molecule has 0 radical (unpaired) electrons. The molecular formula is C18H19Cl2N5. The molecule has 2 N–H and O–H groups in total. The van der Waals surface area contributed by atoms with Gasteiger partial charge in [-0.2, -0.15) is 0 Å². The lowest BCUT2D eigenvalue weighted by Crippen LogP contribution is -2.48. The van der Waals surface area contributed by atoms with E-state index in [1.165, 1.54) is 0 Å². The van der Waals surface area contributed by atoms with Crippen molar-refractivity contribution >= 4 is 34.5 Å². The van der Waals surface area contributed by atoms with Crippen LogP contribution in [0.15, 0.2) is 36.8 Å². The minimum absolute atomic E-state index is 0.0959. The highest BCUT2D eigenvalue weighted by Crippen LogP contribution is 2.34. The fourth-order valence-corrected chi connectivity index (χ4v) is 3.65. The van der Waals surface area contributed by atoms with E-state index in [0.717, 1.165) is 48.7 Å². The standard InChI is InChI=1S/C18H19Cl2N5/c1-18(21)5-8-24(9-6-18)17-14-11-23-16(25(14)10-7-22-17)12-3-2-4-13(19)15(12)20/h2-4,7,10-11H,5-6,8-9,21H2,1H3. The van der Waals surface area contributed by atoms with Gasteiger partial charge in [0.05, 0.1) is 16.2 Å². The quantitative estimate of drug-likeness (QED) is 0.734. The third-order valence-electron chi connectivity index (χ3n) is 4.84. The van der Waals surface area contributed by atoms with Crippen LogP contribution >= 0.6 is 23.2 Å². The van der Waals surface area contributed by atoms with Crippen LogP contribution in [0.4, 0.5) is 5.82 Å². The van der Waals surface area contributed by atoms with Crippen LogP contribution in [0.25, 0.3) is 16.9 Å². The van der Waals surface area contributed by atoms with Gasteiger partial charge in [-0.3, -0.25) is 4.40 Å². The second-order valence-electron chi connectivity index (χ2n) is 6.83. The lowest BCUT2D eigenvalue weighted by Gasteiger charge is -2.37. The predicted octanol–water partition coefficient (Wildman–Crippen LogP) is 4.02. The van der Waals surface area contributed by atoms with Gasteiger partial charge in [0.2, 0.25) is 0 Å². The monoisotopic (exact) mass is 375 g/mol. The predicted molar refractivity (Wildman–Crippen MR) is 102 cm³/mol. The van der Waals surface area contributed by atoms with Crippen molar-refractivity contribution in [3.05, 3.63) is 46.8 Å². The first-order valence-corrected chi connectivity index (χ1v) is 9.02. The number of nitrogens with two attached hydrogens (primary N) is 1. The maximum Gasteiger partial charge on any atom is 0.154 e. The molecule has 5 nitrogen and oxygen atoms in total. The first-order valence-electron chi connectivity index (χ1n) is 8.26. The lowest BCUT2D eigenvalue weighted by molar-refractivity contribution is 0.363. The van der Waals surface area contributed by atoms with Gasteiger partial charge < -0.3 is 10.6 Å². The van der Waals surface area contributed by atoms with Crippen LogP contribution in [0.1, 0.15) is 19.8 Å². The number of rotatable bonds is 2. The maximum absolute atomic E-state index is 6.38. The number of hydrogen-bond donors (Lipinski definition) is 1. The van der Waals surface area contributed by atoms with Crippen molar-refractivity contribution < 1.29 is 0 Å². The summed E-state index contributed by atoms with van der Waals surface area (Å²) in [6.45, 7) is 3.88. The number of benzene rings is 1. The molecule has 1 aromatic carbocycles. The van der Waals surface area contributed by atoms with E-state index in [2.05, 4.69) is 21.8 Å². The highest BCUT2D eigenvalue weighted by Gasteiger charge is 2.27. The number of fused-ring (bicyclic) bond motifs is 1. The molecule has 0 bridgehead atoms. The van der Waals surface area contributed by atoms with E-state index in [1.54, 1.807) is 12.3 Å². The minimum atomic E-state index is -0.0959. The Morgan fingerprint density at radius 3 is 2.68 bits per heavy atom. The zero-order chi connectivity index (χ0) is 17.6. The molecule has 0 atom stereocenters. The van der Waals surface area contributed by atoms with Gasteiger partial charge in [0, 0.05) is 36.6 Å². The first kappa shape index (κ1) is 16.6. The third-order valence-corrected chi connectivity index (χ3v) is 5.66. The second-order valence-corrected chi connectivity index (χ2v) is 7.62. The average molecular weight is 376 g/mol. The van der Waals surface area contributed by atoms with Crippen molar-refractivity contribution in [1.82, 2.24) is 14.4 Å². The van der Waals surface area contributed by atoms with Crippen molar-refractivity contribution in [3.63, 3.8) is 0 Å². The topological polar surface area (TPSA) is 59.5 Å². The van der Waals surface area contributed by atoms with Gasteiger partial charge in [-0.1, -0.05) is 29.3 Å². The average Bonchev–Trinajstić information content (AvgIpc) is 3.01. The zero-order valence-corrected chi connectivity index (χ0v) is 15.4. The van der Waals surface area contributed by atoms with Crippen LogP contribution in [0.3, 0.4) is 0 Å². The number of imidazole rings is 1. The number of aromatic nitrogens is 3. The summed E-state index contributed by atoms with van der Waals surface area (Å²) in [7, 11) is 0. The Kier molecular flexibility index (Phi) is 4.10. The molecule has 4 rings (SSSR count). The summed E-state index contributed by atoms with van der Waals surface area (Å²) in [4.78, 5) is 11.4. The molecule has 25 heavy (non-hydrogen) atoms. The number of anilines is 1. The molecule has 3 aromatic rings. The molecule has 0 saturated carbocycles. The Labute approximate surface area is 156 Å². The summed E-state index contributed by atoms with van der Waals surface area (Å²) in [5.74, 6) is 1.68. The Balaban J connectivity index is 1.78. The second kappa shape index (κ2) is 6.16. The minimum Gasteiger partial charge on any atom is -0.355 e. The number of halogens is 2. The summed E-state index contributed by atoms with van der Waals surface area (Å²) in [5.41, 5.74) is 7.91. The van der Waals surface area contributed by atoms with E-state index in [4.69, 9.17) is 28.9 Å². The number of nitrogens with zero attached hydrogens (tertiary/aromatic N) is 4. The molecule has 2 aromatic heterocycles. The number of piperidine rings is 1. The Bertz CT molecular complexity index is 924. The largest absolute Gasteiger partial charge is 0.355 e. The zero-order valence-electron chi connectivity index (χ0n) is 13.9. The van der Waals surface area contributed by atoms with E-state index in [1.807, 2.05) is 28.9 Å². The summed E-state index contributed by atoms with van der Waals surface area (Å²) in [6.07, 6.45) is 7.41. The fraction of sp³-hybridized carbons (Fsp3) is 0.333. The highest BCUT2D eigenvalue weighted by atomic mass is 35.5. The molecule has 1 aliphatic heterocycles. The molecule has 0 unspecified atom stereocenters. The van der Waals surface area contributed by atoms with Crippen LogP contribution in [0.2, 0.25) is 10.0 Å². The maximum atomic E-state index is 6.38. The van der Waals surface area contributed by atoms with Crippen molar-refractivity contribution in [1.29, 1.82) is 0 Å². The van der Waals surface area contributed by atoms with Gasteiger partial charge in [0.25, 0.3) is 0 Å². The van der Waals surface area contributed by atoms with Gasteiger partial charge in [-0.15, -0.1) is 0 Å².